The van der Waals surface area contributed by atoms with E-state index in [1.807, 2.05) is 18.2 Å². The van der Waals surface area contributed by atoms with E-state index in [4.69, 9.17) is 9.47 Å². The van der Waals surface area contributed by atoms with Gasteiger partial charge in [0, 0.05) is 12.0 Å². The van der Waals surface area contributed by atoms with Crippen molar-refractivity contribution in [2.24, 2.45) is 0 Å². The van der Waals surface area contributed by atoms with Crippen LogP contribution in [0.2, 0.25) is 0 Å². The predicted molar refractivity (Wildman–Crippen MR) is 70.5 cm³/mol. The number of hydrogen-bond acceptors (Lipinski definition) is 5. The number of ether oxygens (including phenoxy) is 3. The summed E-state index contributed by atoms with van der Waals surface area (Å²) in [6, 6.07) is 5.93. The van der Waals surface area contributed by atoms with Crippen molar-refractivity contribution in [3.05, 3.63) is 23.8 Å². The largest absolute Gasteiger partial charge is 0.468 e. The first-order valence-electron chi connectivity index (χ1n) is 6.20. The van der Waals surface area contributed by atoms with Crippen molar-refractivity contribution in [3.63, 3.8) is 0 Å². The maximum atomic E-state index is 11.1. The van der Waals surface area contributed by atoms with E-state index in [0.29, 0.717) is 6.54 Å². The highest BCUT2D eigenvalue weighted by Crippen LogP contribution is 2.36. The molecule has 1 aromatic carbocycles. The number of methoxy groups -OCH3 is 1. The second kappa shape index (κ2) is 5.48. The lowest BCUT2D eigenvalue weighted by Crippen LogP contribution is -2.36. The highest BCUT2D eigenvalue weighted by Gasteiger charge is 2.23. The zero-order valence-electron chi connectivity index (χ0n) is 11.5. The number of esters is 1. The van der Waals surface area contributed by atoms with Gasteiger partial charge in [-0.3, -0.25) is 4.79 Å². The van der Waals surface area contributed by atoms with Crippen LogP contribution in [0.4, 0.5) is 0 Å². The first-order valence-corrected chi connectivity index (χ1v) is 6.20. The Morgan fingerprint density at radius 2 is 2.11 bits per heavy atom. The van der Waals surface area contributed by atoms with Gasteiger partial charge in [-0.1, -0.05) is 19.9 Å². The third-order valence-electron chi connectivity index (χ3n) is 3.22. The topological polar surface area (TPSA) is 56.8 Å². The molecule has 0 bridgehead atoms. The van der Waals surface area contributed by atoms with E-state index in [-0.39, 0.29) is 24.7 Å². The molecule has 0 saturated heterocycles. The minimum atomic E-state index is -0.263. The van der Waals surface area contributed by atoms with Crippen LogP contribution in [0.5, 0.6) is 11.5 Å². The fraction of sp³-hybridized carbons (Fsp3) is 0.500. The molecule has 0 atom stereocenters. The third-order valence-corrected chi connectivity index (χ3v) is 3.22. The van der Waals surface area contributed by atoms with Crippen LogP contribution >= 0.6 is 0 Å². The van der Waals surface area contributed by atoms with Crippen LogP contribution < -0.4 is 14.8 Å². The number of carbonyl (C=O) groups excluding carboxylic acids is 1. The average molecular weight is 265 g/mol. The number of fused-ring (bicyclic) bond motifs is 1. The molecule has 1 aliphatic heterocycles. The Morgan fingerprint density at radius 3 is 2.84 bits per heavy atom. The van der Waals surface area contributed by atoms with Gasteiger partial charge in [-0.15, -0.1) is 0 Å². The van der Waals surface area contributed by atoms with Crippen molar-refractivity contribution in [3.8, 4) is 11.5 Å². The lowest BCUT2D eigenvalue weighted by atomic mass is 9.84. The Hall–Kier alpha value is -1.75. The molecule has 2 rings (SSSR count). The normalized spacial score (nSPS) is 13.4. The summed E-state index contributed by atoms with van der Waals surface area (Å²) in [5, 5.41) is 3.10. The van der Waals surface area contributed by atoms with Gasteiger partial charge in [-0.05, 0) is 17.7 Å². The van der Waals surface area contributed by atoms with Gasteiger partial charge in [0.25, 0.3) is 0 Å². The van der Waals surface area contributed by atoms with Crippen LogP contribution in [0.25, 0.3) is 0 Å². The van der Waals surface area contributed by atoms with Gasteiger partial charge in [-0.2, -0.15) is 0 Å². The molecule has 0 amide bonds. The molecule has 0 aromatic heterocycles. The molecule has 0 aliphatic carbocycles. The van der Waals surface area contributed by atoms with E-state index >= 15 is 0 Å². The maximum absolute atomic E-state index is 11.1. The zero-order chi connectivity index (χ0) is 13.9. The highest BCUT2D eigenvalue weighted by atomic mass is 16.7. The molecule has 104 valence electrons. The van der Waals surface area contributed by atoms with E-state index in [1.54, 1.807) is 0 Å². The number of carbonyl (C=O) groups is 1. The average Bonchev–Trinajstić information content (AvgIpc) is 2.85. The number of benzene rings is 1. The summed E-state index contributed by atoms with van der Waals surface area (Å²) in [6.07, 6.45) is 0. The van der Waals surface area contributed by atoms with Gasteiger partial charge in [0.2, 0.25) is 6.79 Å². The lowest BCUT2D eigenvalue weighted by Gasteiger charge is -2.25. The summed E-state index contributed by atoms with van der Waals surface area (Å²) in [6.45, 7) is 5.37. The molecule has 1 N–H and O–H groups in total. The predicted octanol–water partition coefficient (Wildman–Crippen LogP) is 1.46. The molecular formula is C14H19NO4. The van der Waals surface area contributed by atoms with Crippen molar-refractivity contribution in [2.75, 3.05) is 27.0 Å². The third kappa shape index (κ3) is 3.17. The van der Waals surface area contributed by atoms with Crippen LogP contribution in [0, 0.1) is 0 Å². The van der Waals surface area contributed by atoms with Crippen molar-refractivity contribution in [1.29, 1.82) is 0 Å². The standard InChI is InChI=1S/C14H19NO4/c1-14(2,8-15-7-13(16)17-3)10-4-5-11-12(6-10)19-9-18-11/h4-6,15H,7-9H2,1-3H3. The van der Waals surface area contributed by atoms with Crippen molar-refractivity contribution < 1.29 is 19.0 Å². The first-order chi connectivity index (χ1) is 9.03. The van der Waals surface area contributed by atoms with Crippen LogP contribution in [-0.2, 0) is 14.9 Å². The molecule has 19 heavy (non-hydrogen) atoms. The Labute approximate surface area is 112 Å². The molecule has 0 radical (unpaired) electrons. The Morgan fingerprint density at radius 1 is 1.37 bits per heavy atom. The minimum Gasteiger partial charge on any atom is -0.468 e. The maximum Gasteiger partial charge on any atom is 0.319 e. The summed E-state index contributed by atoms with van der Waals surface area (Å²) < 4.78 is 15.3. The highest BCUT2D eigenvalue weighted by molar-refractivity contribution is 5.71. The minimum absolute atomic E-state index is 0.116. The zero-order valence-corrected chi connectivity index (χ0v) is 11.5. The number of rotatable bonds is 5. The van der Waals surface area contributed by atoms with E-state index in [9.17, 15) is 4.79 Å². The SMILES string of the molecule is COC(=O)CNCC(C)(C)c1ccc2c(c1)OCO2. The smallest absolute Gasteiger partial charge is 0.319 e. The van der Waals surface area contributed by atoms with Crippen molar-refractivity contribution >= 4 is 5.97 Å². The Balaban J connectivity index is 2.00. The van der Waals surface area contributed by atoms with Crippen LogP contribution in [0.15, 0.2) is 18.2 Å². The van der Waals surface area contributed by atoms with E-state index in [0.717, 1.165) is 17.1 Å². The molecule has 0 unspecified atom stereocenters. The fourth-order valence-electron chi connectivity index (χ4n) is 1.97. The van der Waals surface area contributed by atoms with Gasteiger partial charge in [0.05, 0.1) is 13.7 Å². The number of hydrogen-bond donors (Lipinski definition) is 1. The van der Waals surface area contributed by atoms with Crippen LogP contribution in [-0.4, -0.2) is 33.0 Å². The molecule has 0 saturated carbocycles. The second-order valence-electron chi connectivity index (χ2n) is 5.13. The molecule has 1 heterocycles. The van der Waals surface area contributed by atoms with E-state index < -0.39 is 0 Å². The van der Waals surface area contributed by atoms with Gasteiger partial charge < -0.3 is 19.5 Å². The Bertz CT molecular complexity index is 471. The molecular weight excluding hydrogens is 246 g/mol. The monoisotopic (exact) mass is 265 g/mol. The number of nitrogens with one attached hydrogen (secondary N) is 1. The van der Waals surface area contributed by atoms with Crippen molar-refractivity contribution in [2.45, 2.75) is 19.3 Å². The summed E-state index contributed by atoms with van der Waals surface area (Å²) in [7, 11) is 1.38. The van der Waals surface area contributed by atoms with E-state index in [1.165, 1.54) is 7.11 Å². The van der Waals surface area contributed by atoms with Gasteiger partial charge >= 0.3 is 5.97 Å². The fourth-order valence-corrected chi connectivity index (χ4v) is 1.97. The summed E-state index contributed by atoms with van der Waals surface area (Å²) in [5.74, 6) is 1.29. The van der Waals surface area contributed by atoms with Crippen LogP contribution in [0.1, 0.15) is 19.4 Å². The quantitative estimate of drug-likeness (QED) is 0.817. The molecule has 0 fully saturated rings. The molecule has 1 aliphatic rings. The molecule has 5 nitrogen and oxygen atoms in total. The molecule has 1 aromatic rings. The van der Waals surface area contributed by atoms with Gasteiger partial charge in [0.1, 0.15) is 0 Å². The van der Waals surface area contributed by atoms with Crippen LogP contribution in [0.3, 0.4) is 0 Å². The molecule has 5 heteroatoms. The summed E-state index contributed by atoms with van der Waals surface area (Å²) in [5.41, 5.74) is 1.02. The summed E-state index contributed by atoms with van der Waals surface area (Å²) >= 11 is 0. The van der Waals surface area contributed by atoms with Crippen molar-refractivity contribution in [1.82, 2.24) is 5.32 Å². The molecule has 0 spiro atoms. The van der Waals surface area contributed by atoms with Gasteiger partial charge in [-0.25, -0.2) is 0 Å². The Kier molecular flexibility index (Phi) is 3.95. The second-order valence-corrected chi connectivity index (χ2v) is 5.13. The summed E-state index contributed by atoms with van der Waals surface area (Å²) in [4.78, 5) is 11.1. The lowest BCUT2D eigenvalue weighted by molar-refractivity contribution is -0.139. The van der Waals surface area contributed by atoms with Gasteiger partial charge in [0.15, 0.2) is 11.5 Å². The first kappa shape index (κ1) is 13.7. The van der Waals surface area contributed by atoms with E-state index in [2.05, 4.69) is 23.9 Å².